The number of ether oxygens (including phenoxy) is 1. The first-order valence-electron chi connectivity index (χ1n) is 9.47. The summed E-state index contributed by atoms with van der Waals surface area (Å²) in [5.41, 5.74) is 3.50. The highest BCUT2D eigenvalue weighted by Gasteiger charge is 2.37. The molecule has 4 rings (SSSR count). The number of aryl methyl sites for hydroxylation is 1. The molecule has 0 saturated heterocycles. The SMILES string of the molecule is COc1ccc(C2CC(c3ccc(Br)cc3)=NN2S(=O)(=O)c2ccc(C)cc2)cc1. The van der Waals surface area contributed by atoms with Crippen LogP contribution in [-0.4, -0.2) is 25.7 Å². The molecule has 1 unspecified atom stereocenters. The Kier molecular flexibility index (Phi) is 5.66. The molecule has 0 bridgehead atoms. The Balaban J connectivity index is 1.78. The Morgan fingerprint density at radius 1 is 0.967 bits per heavy atom. The quantitative estimate of drug-likeness (QED) is 0.493. The lowest BCUT2D eigenvalue weighted by Crippen LogP contribution is -2.27. The van der Waals surface area contributed by atoms with Gasteiger partial charge in [-0.05, 0) is 54.4 Å². The predicted octanol–water partition coefficient (Wildman–Crippen LogP) is 5.31. The lowest BCUT2D eigenvalue weighted by atomic mass is 9.99. The van der Waals surface area contributed by atoms with Crippen molar-refractivity contribution in [1.82, 2.24) is 4.41 Å². The summed E-state index contributed by atoms with van der Waals surface area (Å²) in [5, 5.41) is 4.57. The molecule has 0 aromatic heterocycles. The zero-order valence-corrected chi connectivity index (χ0v) is 19.0. The van der Waals surface area contributed by atoms with Gasteiger partial charge in [-0.25, -0.2) is 0 Å². The normalized spacial score (nSPS) is 16.4. The van der Waals surface area contributed by atoms with E-state index in [2.05, 4.69) is 21.0 Å². The number of nitrogens with zero attached hydrogens (tertiary/aromatic N) is 2. The minimum Gasteiger partial charge on any atom is -0.497 e. The number of sulfonamides is 1. The van der Waals surface area contributed by atoms with Crippen LogP contribution >= 0.6 is 15.9 Å². The smallest absolute Gasteiger partial charge is 0.279 e. The van der Waals surface area contributed by atoms with Crippen molar-refractivity contribution in [3.8, 4) is 5.75 Å². The van der Waals surface area contributed by atoms with Gasteiger partial charge < -0.3 is 4.74 Å². The Bertz CT molecular complexity index is 1170. The topological polar surface area (TPSA) is 59.0 Å². The molecule has 7 heteroatoms. The fraction of sp³-hybridized carbons (Fsp3) is 0.174. The number of hydrazone groups is 1. The molecule has 0 N–H and O–H groups in total. The largest absolute Gasteiger partial charge is 0.497 e. The van der Waals surface area contributed by atoms with Crippen LogP contribution in [0, 0.1) is 6.92 Å². The van der Waals surface area contributed by atoms with Crippen LogP contribution in [0.15, 0.2) is 87.3 Å². The van der Waals surface area contributed by atoms with E-state index in [1.165, 1.54) is 4.41 Å². The molecular weight excluding hydrogens is 464 g/mol. The summed E-state index contributed by atoms with van der Waals surface area (Å²) in [7, 11) is -2.21. The lowest BCUT2D eigenvalue weighted by Gasteiger charge is -2.23. The highest BCUT2D eigenvalue weighted by molar-refractivity contribution is 9.10. The van der Waals surface area contributed by atoms with E-state index in [9.17, 15) is 8.42 Å². The van der Waals surface area contributed by atoms with Gasteiger partial charge in [0.25, 0.3) is 10.0 Å². The monoisotopic (exact) mass is 484 g/mol. The van der Waals surface area contributed by atoms with E-state index in [1.54, 1.807) is 31.4 Å². The Morgan fingerprint density at radius 3 is 2.20 bits per heavy atom. The van der Waals surface area contributed by atoms with Crippen LogP contribution < -0.4 is 4.74 Å². The minimum atomic E-state index is -3.81. The van der Waals surface area contributed by atoms with E-state index in [0.29, 0.717) is 6.42 Å². The Hall–Kier alpha value is -2.64. The minimum absolute atomic E-state index is 0.229. The van der Waals surface area contributed by atoms with Crippen LogP contribution in [-0.2, 0) is 10.0 Å². The van der Waals surface area contributed by atoms with Crippen molar-refractivity contribution in [2.45, 2.75) is 24.3 Å². The zero-order valence-electron chi connectivity index (χ0n) is 16.6. The predicted molar refractivity (Wildman–Crippen MR) is 121 cm³/mol. The molecule has 1 heterocycles. The third kappa shape index (κ3) is 4.00. The van der Waals surface area contributed by atoms with Crippen molar-refractivity contribution in [3.63, 3.8) is 0 Å². The van der Waals surface area contributed by atoms with E-state index in [0.717, 1.165) is 32.6 Å². The molecule has 5 nitrogen and oxygen atoms in total. The fourth-order valence-corrected chi connectivity index (χ4v) is 5.12. The maximum atomic E-state index is 13.5. The molecule has 3 aromatic carbocycles. The Labute approximate surface area is 185 Å². The second kappa shape index (κ2) is 8.24. The second-order valence-corrected chi connectivity index (χ2v) is 9.85. The number of halogens is 1. The van der Waals surface area contributed by atoms with E-state index < -0.39 is 16.1 Å². The standard InChI is InChI=1S/C23H21BrN2O3S/c1-16-3-13-21(14-4-16)30(27,28)26-23(18-7-11-20(29-2)12-8-18)15-22(25-26)17-5-9-19(24)10-6-17/h3-14,23H,15H2,1-2H3. The van der Waals surface area contributed by atoms with Crippen molar-refractivity contribution < 1.29 is 13.2 Å². The van der Waals surface area contributed by atoms with Gasteiger partial charge in [0.05, 0.1) is 23.8 Å². The molecule has 0 amide bonds. The average Bonchev–Trinajstić information content (AvgIpc) is 3.21. The van der Waals surface area contributed by atoms with Crippen molar-refractivity contribution in [3.05, 3.63) is 94.0 Å². The molecule has 1 aliphatic rings. The van der Waals surface area contributed by atoms with Crippen molar-refractivity contribution in [2.75, 3.05) is 7.11 Å². The number of hydrogen-bond donors (Lipinski definition) is 0. The Morgan fingerprint density at radius 2 is 1.60 bits per heavy atom. The molecule has 3 aromatic rings. The summed E-state index contributed by atoms with van der Waals surface area (Å²) in [6.45, 7) is 1.93. The van der Waals surface area contributed by atoms with Gasteiger partial charge in [-0.2, -0.15) is 17.9 Å². The summed E-state index contributed by atoms with van der Waals surface area (Å²) < 4.78 is 34.4. The number of benzene rings is 3. The average molecular weight is 485 g/mol. The number of methoxy groups -OCH3 is 1. The van der Waals surface area contributed by atoms with E-state index in [1.807, 2.05) is 55.5 Å². The molecule has 0 spiro atoms. The lowest BCUT2D eigenvalue weighted by molar-refractivity contribution is 0.370. The summed E-state index contributed by atoms with van der Waals surface area (Å²) in [6, 6.07) is 21.6. The maximum Gasteiger partial charge on any atom is 0.279 e. The summed E-state index contributed by atoms with van der Waals surface area (Å²) >= 11 is 3.44. The third-order valence-corrected chi connectivity index (χ3v) is 7.34. The van der Waals surface area contributed by atoms with E-state index in [-0.39, 0.29) is 4.90 Å². The number of hydrogen-bond acceptors (Lipinski definition) is 4. The van der Waals surface area contributed by atoms with Gasteiger partial charge in [-0.1, -0.05) is 57.9 Å². The van der Waals surface area contributed by atoms with E-state index >= 15 is 0 Å². The molecular formula is C23H21BrN2O3S. The van der Waals surface area contributed by atoms with Gasteiger partial charge in [0, 0.05) is 10.9 Å². The first-order chi connectivity index (χ1) is 14.4. The van der Waals surface area contributed by atoms with Gasteiger partial charge in [0.2, 0.25) is 0 Å². The van der Waals surface area contributed by atoms with Gasteiger partial charge in [0.15, 0.2) is 0 Å². The van der Waals surface area contributed by atoms with Gasteiger partial charge in [-0.15, -0.1) is 0 Å². The molecule has 30 heavy (non-hydrogen) atoms. The molecule has 0 saturated carbocycles. The first-order valence-corrected chi connectivity index (χ1v) is 11.7. The van der Waals surface area contributed by atoms with Crippen LogP contribution in [0.2, 0.25) is 0 Å². The van der Waals surface area contributed by atoms with Crippen molar-refractivity contribution in [1.29, 1.82) is 0 Å². The molecule has 0 fully saturated rings. The van der Waals surface area contributed by atoms with E-state index in [4.69, 9.17) is 4.74 Å². The van der Waals surface area contributed by atoms with Crippen molar-refractivity contribution in [2.24, 2.45) is 5.10 Å². The molecule has 154 valence electrons. The maximum absolute atomic E-state index is 13.5. The van der Waals surface area contributed by atoms with Gasteiger partial charge in [-0.3, -0.25) is 0 Å². The van der Waals surface area contributed by atoms with Crippen LogP contribution in [0.3, 0.4) is 0 Å². The first kappa shape index (κ1) is 20.6. The van der Waals surface area contributed by atoms with Crippen LogP contribution in [0.25, 0.3) is 0 Å². The summed E-state index contributed by atoms with van der Waals surface area (Å²) in [5.74, 6) is 0.721. The third-order valence-electron chi connectivity index (χ3n) is 5.12. The zero-order chi connectivity index (χ0) is 21.3. The fourth-order valence-electron chi connectivity index (χ4n) is 3.42. The molecule has 0 aliphatic carbocycles. The second-order valence-electron chi connectivity index (χ2n) is 7.14. The summed E-state index contributed by atoms with van der Waals surface area (Å²) in [6.07, 6.45) is 0.485. The summed E-state index contributed by atoms with van der Waals surface area (Å²) in [4.78, 5) is 0.229. The van der Waals surface area contributed by atoms with Crippen LogP contribution in [0.4, 0.5) is 0 Å². The molecule has 1 atom stereocenters. The molecule has 1 aliphatic heterocycles. The highest BCUT2D eigenvalue weighted by atomic mass is 79.9. The van der Waals surface area contributed by atoms with Crippen molar-refractivity contribution >= 4 is 31.7 Å². The number of rotatable bonds is 5. The highest BCUT2D eigenvalue weighted by Crippen LogP contribution is 2.37. The molecule has 0 radical (unpaired) electrons. The van der Waals surface area contributed by atoms with Crippen LogP contribution in [0.1, 0.15) is 29.2 Å². The van der Waals surface area contributed by atoms with Crippen LogP contribution in [0.5, 0.6) is 5.75 Å². The van der Waals surface area contributed by atoms with Gasteiger partial charge >= 0.3 is 0 Å². The van der Waals surface area contributed by atoms with Gasteiger partial charge in [0.1, 0.15) is 5.75 Å².